The summed E-state index contributed by atoms with van der Waals surface area (Å²) in [5.41, 5.74) is 0.598. The molecule has 0 spiro atoms. The van der Waals surface area contributed by atoms with E-state index in [1.807, 2.05) is 0 Å². The van der Waals surface area contributed by atoms with Gasteiger partial charge in [0.1, 0.15) is 4.32 Å². The number of allylic oxidation sites excluding steroid dienone is 2. The molecule has 7 nitrogen and oxygen atoms in total. The predicted octanol–water partition coefficient (Wildman–Crippen LogP) is 3.39. The number of amides is 1. The molecule has 1 aliphatic rings. The van der Waals surface area contributed by atoms with Crippen molar-refractivity contribution in [3.63, 3.8) is 0 Å². The van der Waals surface area contributed by atoms with Crippen molar-refractivity contribution in [2.45, 2.75) is 6.42 Å². The highest BCUT2D eigenvalue weighted by Gasteiger charge is 2.32. The Balaban J connectivity index is 2.13. The van der Waals surface area contributed by atoms with E-state index in [0.29, 0.717) is 10.5 Å². The molecular weight excluding hydrogens is 388 g/mol. The number of nitro benzene ring substituents is 1. The van der Waals surface area contributed by atoms with Crippen molar-refractivity contribution in [2.75, 3.05) is 6.54 Å². The molecule has 1 aromatic rings. The van der Waals surface area contributed by atoms with Crippen molar-refractivity contribution in [3.8, 4) is 0 Å². The average Bonchev–Trinajstić information content (AvgIpc) is 2.79. The zero-order valence-electron chi connectivity index (χ0n) is 12.5. The summed E-state index contributed by atoms with van der Waals surface area (Å²) in [6.45, 7) is 0.00102. The SMILES string of the molecule is O=C(O)CCN1C(=O)/C(=C\C(Cl)=C/c2ccc([N+](=O)[O-])cc2)SC1=S. The van der Waals surface area contributed by atoms with Crippen LogP contribution in [0.4, 0.5) is 5.69 Å². The maximum atomic E-state index is 12.2. The fourth-order valence-electron chi connectivity index (χ4n) is 1.92. The van der Waals surface area contributed by atoms with Crippen LogP contribution in [0.3, 0.4) is 0 Å². The zero-order chi connectivity index (χ0) is 18.6. The van der Waals surface area contributed by atoms with Crippen molar-refractivity contribution < 1.29 is 19.6 Å². The van der Waals surface area contributed by atoms with E-state index in [0.717, 1.165) is 11.8 Å². The summed E-state index contributed by atoms with van der Waals surface area (Å²) in [6, 6.07) is 5.77. The summed E-state index contributed by atoms with van der Waals surface area (Å²) in [7, 11) is 0. The minimum absolute atomic E-state index is 0.00102. The number of carbonyl (C=O) groups is 2. The highest BCUT2D eigenvalue weighted by Crippen LogP contribution is 2.32. The van der Waals surface area contributed by atoms with Crippen molar-refractivity contribution in [3.05, 3.63) is 56.0 Å². The third-order valence-electron chi connectivity index (χ3n) is 3.10. The van der Waals surface area contributed by atoms with Crippen LogP contribution in [0.5, 0.6) is 0 Å². The molecule has 10 heteroatoms. The molecular formula is C15H11ClN2O5S2. The topological polar surface area (TPSA) is 101 Å². The average molecular weight is 399 g/mol. The van der Waals surface area contributed by atoms with E-state index in [9.17, 15) is 19.7 Å². The normalized spacial score (nSPS) is 16.6. The Morgan fingerprint density at radius 2 is 2.04 bits per heavy atom. The summed E-state index contributed by atoms with van der Waals surface area (Å²) in [4.78, 5) is 34.5. The first-order valence-electron chi connectivity index (χ1n) is 6.87. The number of hydrogen-bond donors (Lipinski definition) is 1. The van der Waals surface area contributed by atoms with Gasteiger partial charge >= 0.3 is 5.97 Å². The van der Waals surface area contributed by atoms with Crippen LogP contribution in [0.1, 0.15) is 12.0 Å². The number of non-ortho nitro benzene ring substituents is 1. The number of thioether (sulfide) groups is 1. The van der Waals surface area contributed by atoms with Gasteiger partial charge in [-0.2, -0.15) is 0 Å². The van der Waals surface area contributed by atoms with Crippen LogP contribution in [-0.2, 0) is 9.59 Å². The molecule has 1 saturated heterocycles. The summed E-state index contributed by atoms with van der Waals surface area (Å²) in [5, 5.41) is 19.6. The van der Waals surface area contributed by atoms with E-state index < -0.39 is 16.8 Å². The lowest BCUT2D eigenvalue weighted by atomic mass is 10.2. The first-order valence-corrected chi connectivity index (χ1v) is 8.47. The standard InChI is InChI=1S/C15H11ClN2O5S2/c16-10(7-9-1-3-11(4-2-9)18(22)23)8-12-14(21)17(15(24)25-12)6-5-13(19)20/h1-4,7-8H,5-6H2,(H,19,20)/b10-7+,12-8+. The van der Waals surface area contributed by atoms with Gasteiger partial charge in [-0.05, 0) is 29.8 Å². The molecule has 1 aromatic carbocycles. The Labute approximate surface area is 157 Å². The number of carboxylic acid groups (broad SMARTS) is 1. The van der Waals surface area contributed by atoms with Crippen LogP contribution >= 0.6 is 35.6 Å². The number of halogens is 1. The quantitative estimate of drug-likeness (QED) is 0.339. The Kier molecular flexibility index (Phi) is 6.29. The van der Waals surface area contributed by atoms with E-state index in [1.54, 1.807) is 6.08 Å². The van der Waals surface area contributed by atoms with Crippen molar-refractivity contribution >= 4 is 63.5 Å². The second kappa shape index (κ2) is 8.24. The van der Waals surface area contributed by atoms with E-state index in [-0.39, 0.29) is 28.0 Å². The number of thiocarbonyl (C=S) groups is 1. The van der Waals surface area contributed by atoms with Gasteiger partial charge in [-0.15, -0.1) is 0 Å². The van der Waals surface area contributed by atoms with Crippen LogP contribution in [0.25, 0.3) is 6.08 Å². The number of benzene rings is 1. The Hall–Kier alpha value is -2.23. The fraction of sp³-hybridized carbons (Fsp3) is 0.133. The molecule has 0 bridgehead atoms. The minimum atomic E-state index is -1.02. The number of carboxylic acids is 1. The maximum Gasteiger partial charge on any atom is 0.305 e. The molecule has 1 aliphatic heterocycles. The number of carbonyl (C=O) groups excluding carboxylic acids is 1. The van der Waals surface area contributed by atoms with E-state index in [4.69, 9.17) is 28.9 Å². The van der Waals surface area contributed by atoms with Crippen LogP contribution in [-0.4, -0.2) is 37.7 Å². The molecule has 1 heterocycles. The molecule has 0 saturated carbocycles. The summed E-state index contributed by atoms with van der Waals surface area (Å²) in [5.74, 6) is -1.42. The summed E-state index contributed by atoms with van der Waals surface area (Å²) >= 11 is 12.2. The predicted molar refractivity (Wildman–Crippen MR) is 99.2 cm³/mol. The molecule has 1 fully saturated rings. The molecule has 0 unspecified atom stereocenters. The van der Waals surface area contributed by atoms with Gasteiger partial charge < -0.3 is 5.11 Å². The lowest BCUT2D eigenvalue weighted by molar-refractivity contribution is -0.384. The van der Waals surface area contributed by atoms with Crippen molar-refractivity contribution in [1.29, 1.82) is 0 Å². The lowest BCUT2D eigenvalue weighted by Crippen LogP contribution is -2.30. The van der Waals surface area contributed by atoms with Gasteiger partial charge in [-0.1, -0.05) is 35.6 Å². The molecule has 130 valence electrons. The first-order chi connectivity index (χ1) is 11.8. The highest BCUT2D eigenvalue weighted by molar-refractivity contribution is 8.26. The van der Waals surface area contributed by atoms with Gasteiger partial charge in [0, 0.05) is 23.7 Å². The summed E-state index contributed by atoms with van der Waals surface area (Å²) < 4.78 is 0.275. The van der Waals surface area contributed by atoms with Gasteiger partial charge in [0.15, 0.2) is 0 Å². The Bertz CT molecular complexity index is 805. The molecule has 2 rings (SSSR count). The zero-order valence-corrected chi connectivity index (χ0v) is 14.9. The number of hydrogen-bond acceptors (Lipinski definition) is 6. The van der Waals surface area contributed by atoms with Crippen LogP contribution in [0, 0.1) is 10.1 Å². The van der Waals surface area contributed by atoms with E-state index in [2.05, 4.69) is 0 Å². The molecule has 1 amide bonds. The second-order valence-electron chi connectivity index (χ2n) is 4.85. The first kappa shape index (κ1) is 19.1. The molecule has 0 aromatic heterocycles. The van der Waals surface area contributed by atoms with Crippen LogP contribution < -0.4 is 0 Å². The maximum absolute atomic E-state index is 12.2. The molecule has 25 heavy (non-hydrogen) atoms. The number of nitrogens with zero attached hydrogens (tertiary/aromatic N) is 2. The molecule has 1 N–H and O–H groups in total. The minimum Gasteiger partial charge on any atom is -0.481 e. The third-order valence-corrected chi connectivity index (χ3v) is 4.70. The number of rotatable bonds is 6. The monoisotopic (exact) mass is 398 g/mol. The van der Waals surface area contributed by atoms with Gasteiger partial charge in [0.25, 0.3) is 11.6 Å². The fourth-order valence-corrected chi connectivity index (χ4v) is 3.52. The van der Waals surface area contributed by atoms with Crippen molar-refractivity contribution in [1.82, 2.24) is 4.90 Å². The Morgan fingerprint density at radius 1 is 1.40 bits per heavy atom. The van der Waals surface area contributed by atoms with Crippen molar-refractivity contribution in [2.24, 2.45) is 0 Å². The number of nitro groups is 1. The highest BCUT2D eigenvalue weighted by atomic mass is 35.5. The van der Waals surface area contributed by atoms with Gasteiger partial charge in [-0.25, -0.2) is 0 Å². The smallest absolute Gasteiger partial charge is 0.305 e. The van der Waals surface area contributed by atoms with Gasteiger partial charge in [0.05, 0.1) is 16.2 Å². The second-order valence-corrected chi connectivity index (χ2v) is 6.97. The van der Waals surface area contributed by atoms with Crippen LogP contribution in [0.2, 0.25) is 0 Å². The van der Waals surface area contributed by atoms with E-state index in [1.165, 1.54) is 35.2 Å². The van der Waals surface area contributed by atoms with Crippen LogP contribution in [0.15, 0.2) is 40.3 Å². The third kappa shape index (κ3) is 5.12. The largest absolute Gasteiger partial charge is 0.481 e. The summed E-state index contributed by atoms with van der Waals surface area (Å²) in [6.07, 6.45) is 2.78. The van der Waals surface area contributed by atoms with E-state index >= 15 is 0 Å². The molecule has 0 atom stereocenters. The Morgan fingerprint density at radius 3 is 2.60 bits per heavy atom. The number of aliphatic carboxylic acids is 1. The molecule has 0 radical (unpaired) electrons. The van der Waals surface area contributed by atoms with Gasteiger partial charge in [0.2, 0.25) is 0 Å². The molecule has 0 aliphatic carbocycles. The van der Waals surface area contributed by atoms with Gasteiger partial charge in [-0.3, -0.25) is 24.6 Å². The lowest BCUT2D eigenvalue weighted by Gasteiger charge is -2.12.